The van der Waals surface area contributed by atoms with Gasteiger partial charge in [-0.2, -0.15) is 0 Å². The highest BCUT2D eigenvalue weighted by Crippen LogP contribution is 2.19. The lowest BCUT2D eigenvalue weighted by atomic mass is 9.97. The molecule has 20 heavy (non-hydrogen) atoms. The summed E-state index contributed by atoms with van der Waals surface area (Å²) in [7, 11) is 0. The van der Waals surface area contributed by atoms with E-state index in [1.807, 2.05) is 13.8 Å². The van der Waals surface area contributed by atoms with E-state index in [1.165, 1.54) is 0 Å². The van der Waals surface area contributed by atoms with E-state index in [4.69, 9.17) is 9.63 Å². The lowest BCUT2D eigenvalue weighted by Gasteiger charge is -2.30. The zero-order valence-corrected chi connectivity index (χ0v) is 11.9. The average molecular weight is 280 g/mol. The second-order valence-corrected chi connectivity index (χ2v) is 5.32. The Hall–Kier alpha value is -1.85. The Bertz CT molecular complexity index is 490. The summed E-state index contributed by atoms with van der Waals surface area (Å²) in [5.74, 6) is -0.478. The lowest BCUT2D eigenvalue weighted by Crippen LogP contribution is -2.42. The number of piperidine rings is 1. The summed E-state index contributed by atoms with van der Waals surface area (Å²) < 4.78 is 5.07. The van der Waals surface area contributed by atoms with E-state index in [1.54, 1.807) is 4.90 Å². The highest BCUT2D eigenvalue weighted by Gasteiger charge is 2.28. The number of hydrogen-bond acceptors (Lipinski definition) is 4. The highest BCUT2D eigenvalue weighted by molar-refractivity contribution is 5.78. The van der Waals surface area contributed by atoms with Crippen molar-refractivity contribution < 1.29 is 19.2 Å². The molecule has 0 radical (unpaired) electrons. The molecule has 0 saturated carbocycles. The standard InChI is InChI=1S/C14H20N2O4/c1-9-12(10(2)20-15-9)5-6-13(17)16-7-3-4-11(8-16)14(18)19/h11H,3-8H2,1-2H3,(H,18,19)/t11-/m0/s1. The maximum Gasteiger partial charge on any atom is 0.308 e. The van der Waals surface area contributed by atoms with Gasteiger partial charge in [-0.3, -0.25) is 9.59 Å². The Morgan fingerprint density at radius 2 is 2.20 bits per heavy atom. The maximum absolute atomic E-state index is 12.2. The second kappa shape index (κ2) is 6.07. The molecule has 1 aliphatic heterocycles. The first-order valence-electron chi connectivity index (χ1n) is 6.91. The number of aromatic nitrogens is 1. The molecule has 0 spiro atoms. The SMILES string of the molecule is Cc1noc(C)c1CCC(=O)N1CCC[C@H](C(=O)O)C1. The van der Waals surface area contributed by atoms with Crippen molar-refractivity contribution in [3.63, 3.8) is 0 Å². The zero-order valence-electron chi connectivity index (χ0n) is 11.9. The number of hydrogen-bond donors (Lipinski definition) is 1. The molecule has 2 rings (SSSR count). The predicted octanol–water partition coefficient (Wildman–Crippen LogP) is 1.55. The molecule has 1 aromatic heterocycles. The summed E-state index contributed by atoms with van der Waals surface area (Å²) in [6.07, 6.45) is 2.38. The lowest BCUT2D eigenvalue weighted by molar-refractivity contribution is -0.145. The van der Waals surface area contributed by atoms with Crippen LogP contribution in [0.25, 0.3) is 0 Å². The number of rotatable bonds is 4. The van der Waals surface area contributed by atoms with E-state index in [9.17, 15) is 9.59 Å². The Kier molecular flexibility index (Phi) is 4.42. The van der Waals surface area contributed by atoms with Crippen LogP contribution in [0.3, 0.4) is 0 Å². The third-order valence-electron chi connectivity index (χ3n) is 3.89. The van der Waals surface area contributed by atoms with Gasteiger partial charge in [0.25, 0.3) is 0 Å². The van der Waals surface area contributed by atoms with Crippen LogP contribution in [-0.2, 0) is 16.0 Å². The fraction of sp³-hybridized carbons (Fsp3) is 0.643. The topological polar surface area (TPSA) is 83.6 Å². The van der Waals surface area contributed by atoms with Crippen LogP contribution >= 0.6 is 0 Å². The minimum absolute atomic E-state index is 0.0101. The van der Waals surface area contributed by atoms with Gasteiger partial charge in [0.15, 0.2) is 0 Å². The second-order valence-electron chi connectivity index (χ2n) is 5.32. The number of aryl methyl sites for hydroxylation is 2. The Morgan fingerprint density at radius 3 is 2.80 bits per heavy atom. The van der Waals surface area contributed by atoms with E-state index in [2.05, 4.69) is 5.16 Å². The molecule has 2 heterocycles. The smallest absolute Gasteiger partial charge is 0.308 e. The van der Waals surface area contributed by atoms with Gasteiger partial charge in [-0.25, -0.2) is 0 Å². The molecule has 0 aromatic carbocycles. The van der Waals surface area contributed by atoms with Crippen LogP contribution in [0.5, 0.6) is 0 Å². The van der Waals surface area contributed by atoms with E-state index >= 15 is 0 Å². The van der Waals surface area contributed by atoms with Gasteiger partial charge in [0, 0.05) is 25.1 Å². The van der Waals surface area contributed by atoms with Gasteiger partial charge in [-0.1, -0.05) is 5.16 Å². The van der Waals surface area contributed by atoms with Crippen LogP contribution in [0.2, 0.25) is 0 Å². The van der Waals surface area contributed by atoms with E-state index < -0.39 is 11.9 Å². The van der Waals surface area contributed by atoms with Crippen LogP contribution < -0.4 is 0 Å². The highest BCUT2D eigenvalue weighted by atomic mass is 16.5. The molecule has 1 amide bonds. The molecule has 1 aromatic rings. The number of nitrogens with zero attached hydrogens (tertiary/aromatic N) is 2. The average Bonchev–Trinajstić information content (AvgIpc) is 2.75. The van der Waals surface area contributed by atoms with Crippen molar-refractivity contribution in [3.8, 4) is 0 Å². The first kappa shape index (κ1) is 14.6. The molecule has 1 aliphatic rings. The summed E-state index contributed by atoms with van der Waals surface area (Å²) in [5.41, 5.74) is 1.79. The molecule has 1 N–H and O–H groups in total. The molecule has 1 atom stereocenters. The maximum atomic E-state index is 12.2. The molecular formula is C14H20N2O4. The van der Waals surface area contributed by atoms with Gasteiger partial charge in [0.2, 0.25) is 5.91 Å². The van der Waals surface area contributed by atoms with E-state index in [-0.39, 0.29) is 5.91 Å². The number of carbonyl (C=O) groups excluding carboxylic acids is 1. The largest absolute Gasteiger partial charge is 0.481 e. The van der Waals surface area contributed by atoms with Gasteiger partial charge in [-0.15, -0.1) is 0 Å². The predicted molar refractivity (Wildman–Crippen MR) is 71.2 cm³/mol. The third kappa shape index (κ3) is 3.18. The van der Waals surface area contributed by atoms with Crippen LogP contribution in [0, 0.1) is 19.8 Å². The number of carboxylic acids is 1. The van der Waals surface area contributed by atoms with Crippen molar-refractivity contribution in [2.75, 3.05) is 13.1 Å². The molecule has 0 aliphatic carbocycles. The fourth-order valence-corrected chi connectivity index (χ4v) is 2.65. The Balaban J connectivity index is 1.90. The fourth-order valence-electron chi connectivity index (χ4n) is 2.65. The van der Waals surface area contributed by atoms with Crippen molar-refractivity contribution in [2.24, 2.45) is 5.92 Å². The summed E-state index contributed by atoms with van der Waals surface area (Å²) in [6.45, 7) is 4.68. The molecule has 1 fully saturated rings. The summed E-state index contributed by atoms with van der Waals surface area (Å²) in [4.78, 5) is 24.8. The van der Waals surface area contributed by atoms with E-state index in [0.29, 0.717) is 32.4 Å². The summed E-state index contributed by atoms with van der Waals surface area (Å²) >= 11 is 0. The third-order valence-corrected chi connectivity index (χ3v) is 3.89. The Labute approximate surface area is 117 Å². The minimum Gasteiger partial charge on any atom is -0.481 e. The molecule has 0 unspecified atom stereocenters. The van der Waals surface area contributed by atoms with Crippen LogP contribution in [0.4, 0.5) is 0 Å². The van der Waals surface area contributed by atoms with Crippen molar-refractivity contribution in [1.29, 1.82) is 0 Å². The first-order valence-corrected chi connectivity index (χ1v) is 6.91. The number of carbonyl (C=O) groups is 2. The van der Waals surface area contributed by atoms with E-state index in [0.717, 1.165) is 23.4 Å². The summed E-state index contributed by atoms with van der Waals surface area (Å²) in [6, 6.07) is 0. The summed E-state index contributed by atoms with van der Waals surface area (Å²) in [5, 5.41) is 12.9. The molecule has 110 valence electrons. The Morgan fingerprint density at radius 1 is 1.45 bits per heavy atom. The first-order chi connectivity index (χ1) is 9.49. The molecule has 1 saturated heterocycles. The number of carboxylic acid groups (broad SMARTS) is 1. The monoisotopic (exact) mass is 280 g/mol. The van der Waals surface area contributed by atoms with Crippen molar-refractivity contribution in [3.05, 3.63) is 17.0 Å². The van der Waals surface area contributed by atoms with Crippen molar-refractivity contribution in [2.45, 2.75) is 39.5 Å². The number of amides is 1. The zero-order chi connectivity index (χ0) is 14.7. The van der Waals surface area contributed by atoms with Gasteiger partial charge in [-0.05, 0) is 33.1 Å². The molecule has 6 heteroatoms. The molecule has 6 nitrogen and oxygen atoms in total. The van der Waals surface area contributed by atoms with Gasteiger partial charge in [0.1, 0.15) is 5.76 Å². The quantitative estimate of drug-likeness (QED) is 0.904. The van der Waals surface area contributed by atoms with Gasteiger partial charge >= 0.3 is 5.97 Å². The van der Waals surface area contributed by atoms with Crippen molar-refractivity contribution >= 4 is 11.9 Å². The van der Waals surface area contributed by atoms with Crippen LogP contribution in [0.1, 0.15) is 36.3 Å². The number of likely N-dealkylation sites (tertiary alicyclic amines) is 1. The van der Waals surface area contributed by atoms with Crippen LogP contribution in [0.15, 0.2) is 4.52 Å². The normalized spacial score (nSPS) is 19.1. The number of aliphatic carboxylic acids is 1. The van der Waals surface area contributed by atoms with Gasteiger partial charge in [0.05, 0.1) is 11.6 Å². The van der Waals surface area contributed by atoms with Crippen LogP contribution in [-0.4, -0.2) is 40.1 Å². The van der Waals surface area contributed by atoms with Crippen molar-refractivity contribution in [1.82, 2.24) is 10.1 Å². The minimum atomic E-state index is -0.812. The molecular weight excluding hydrogens is 260 g/mol. The molecule has 0 bridgehead atoms. The van der Waals surface area contributed by atoms with Gasteiger partial charge < -0.3 is 14.5 Å².